The van der Waals surface area contributed by atoms with Gasteiger partial charge in [-0.2, -0.15) is 0 Å². The van der Waals surface area contributed by atoms with Gasteiger partial charge < -0.3 is 10.6 Å². The van der Waals surface area contributed by atoms with Crippen molar-refractivity contribution in [1.29, 1.82) is 0 Å². The third kappa shape index (κ3) is 3.92. The lowest BCUT2D eigenvalue weighted by Crippen LogP contribution is -2.46. The van der Waals surface area contributed by atoms with E-state index in [4.69, 9.17) is 0 Å². The molecule has 0 aromatic carbocycles. The second-order valence-electron chi connectivity index (χ2n) is 6.32. The molecule has 1 heterocycles. The SMILES string of the molecule is CCC1(CC)NC(=O)N(CC(=O)NCCC2=CCCCC2)C1=O. The van der Waals surface area contributed by atoms with Crippen LogP contribution < -0.4 is 10.6 Å². The molecule has 0 bridgehead atoms. The van der Waals surface area contributed by atoms with Gasteiger partial charge in [0.2, 0.25) is 5.91 Å². The second kappa shape index (κ2) is 7.62. The van der Waals surface area contributed by atoms with E-state index >= 15 is 0 Å². The predicted molar refractivity (Wildman–Crippen MR) is 87.7 cm³/mol. The Morgan fingerprint density at radius 1 is 1.30 bits per heavy atom. The Hall–Kier alpha value is -1.85. The van der Waals surface area contributed by atoms with Crippen LogP contribution in [0.3, 0.4) is 0 Å². The van der Waals surface area contributed by atoms with Crippen molar-refractivity contribution in [3.8, 4) is 0 Å². The number of carbonyl (C=O) groups is 3. The highest BCUT2D eigenvalue weighted by atomic mass is 16.2. The zero-order chi connectivity index (χ0) is 16.9. The predicted octanol–water partition coefficient (Wildman–Crippen LogP) is 2.10. The minimum atomic E-state index is -0.843. The highest BCUT2D eigenvalue weighted by Crippen LogP contribution is 2.24. The van der Waals surface area contributed by atoms with Crippen LogP contribution in [0.2, 0.25) is 0 Å². The van der Waals surface area contributed by atoms with Crippen LogP contribution in [0, 0.1) is 0 Å². The summed E-state index contributed by atoms with van der Waals surface area (Å²) < 4.78 is 0. The van der Waals surface area contributed by atoms with Crippen molar-refractivity contribution in [2.45, 2.75) is 64.3 Å². The van der Waals surface area contributed by atoms with Crippen molar-refractivity contribution in [1.82, 2.24) is 15.5 Å². The molecular weight excluding hydrogens is 294 g/mol. The Balaban J connectivity index is 1.82. The van der Waals surface area contributed by atoms with Crippen molar-refractivity contribution in [3.05, 3.63) is 11.6 Å². The molecule has 23 heavy (non-hydrogen) atoms. The molecule has 1 aliphatic heterocycles. The van der Waals surface area contributed by atoms with Gasteiger partial charge in [0.25, 0.3) is 5.91 Å². The maximum absolute atomic E-state index is 12.4. The standard InChI is InChI=1S/C17H27N3O3/c1-3-17(4-2)15(22)20(16(23)19-17)12-14(21)18-11-10-13-8-6-5-7-9-13/h8H,3-7,9-12H2,1-2H3,(H,18,21)(H,19,23). The minimum Gasteiger partial charge on any atom is -0.354 e. The lowest BCUT2D eigenvalue weighted by atomic mass is 9.93. The first kappa shape index (κ1) is 17.5. The maximum atomic E-state index is 12.4. The van der Waals surface area contributed by atoms with E-state index in [1.165, 1.54) is 18.4 Å². The van der Waals surface area contributed by atoms with Crippen LogP contribution in [0.1, 0.15) is 58.8 Å². The molecule has 0 spiro atoms. The van der Waals surface area contributed by atoms with Crippen LogP contribution >= 0.6 is 0 Å². The summed E-state index contributed by atoms with van der Waals surface area (Å²) in [6.45, 7) is 4.08. The maximum Gasteiger partial charge on any atom is 0.325 e. The first-order valence-electron chi connectivity index (χ1n) is 8.61. The number of nitrogens with zero attached hydrogens (tertiary/aromatic N) is 1. The summed E-state index contributed by atoms with van der Waals surface area (Å²) >= 11 is 0. The molecule has 2 aliphatic rings. The highest BCUT2D eigenvalue weighted by molar-refractivity contribution is 6.08. The zero-order valence-corrected chi connectivity index (χ0v) is 14.1. The van der Waals surface area contributed by atoms with Gasteiger partial charge in [-0.05, 0) is 44.9 Å². The van der Waals surface area contributed by atoms with Crippen LogP contribution in [-0.2, 0) is 9.59 Å². The summed E-state index contributed by atoms with van der Waals surface area (Å²) in [7, 11) is 0. The number of amides is 4. The Kier molecular flexibility index (Phi) is 5.80. The first-order chi connectivity index (χ1) is 11.0. The van der Waals surface area contributed by atoms with Crippen LogP contribution in [0.15, 0.2) is 11.6 Å². The fourth-order valence-electron chi connectivity index (χ4n) is 3.24. The third-order valence-corrected chi connectivity index (χ3v) is 4.91. The molecule has 128 valence electrons. The summed E-state index contributed by atoms with van der Waals surface area (Å²) in [6, 6.07) is -0.469. The molecule has 6 heteroatoms. The summed E-state index contributed by atoms with van der Waals surface area (Å²) in [6.07, 6.45) is 8.86. The van der Waals surface area contributed by atoms with Crippen molar-refractivity contribution in [2.75, 3.05) is 13.1 Å². The van der Waals surface area contributed by atoms with Gasteiger partial charge in [-0.3, -0.25) is 14.5 Å². The molecule has 4 amide bonds. The lowest BCUT2D eigenvalue weighted by Gasteiger charge is -2.23. The molecule has 0 atom stereocenters. The van der Waals surface area contributed by atoms with Crippen molar-refractivity contribution >= 4 is 17.8 Å². The molecule has 0 aromatic heterocycles. The summed E-state index contributed by atoms with van der Waals surface area (Å²) in [5.74, 6) is -0.578. The molecular formula is C17H27N3O3. The molecule has 0 radical (unpaired) electrons. The number of hydrogen-bond acceptors (Lipinski definition) is 3. The number of carbonyl (C=O) groups excluding carboxylic acids is 3. The van der Waals surface area contributed by atoms with E-state index < -0.39 is 11.6 Å². The number of imide groups is 1. The van der Waals surface area contributed by atoms with E-state index in [1.54, 1.807) is 0 Å². The molecule has 0 saturated carbocycles. The second-order valence-corrected chi connectivity index (χ2v) is 6.32. The van der Waals surface area contributed by atoms with Gasteiger partial charge in [0.05, 0.1) is 0 Å². The molecule has 2 rings (SSSR count). The van der Waals surface area contributed by atoms with E-state index in [1.807, 2.05) is 13.8 Å². The van der Waals surface area contributed by atoms with Gasteiger partial charge in [0.15, 0.2) is 0 Å². The number of hydrogen-bond donors (Lipinski definition) is 2. The van der Waals surface area contributed by atoms with E-state index in [0.29, 0.717) is 19.4 Å². The number of urea groups is 1. The van der Waals surface area contributed by atoms with Gasteiger partial charge in [0, 0.05) is 6.54 Å². The van der Waals surface area contributed by atoms with E-state index in [0.717, 1.165) is 24.2 Å². The van der Waals surface area contributed by atoms with Crippen LogP contribution in [-0.4, -0.2) is 41.4 Å². The normalized spacial score (nSPS) is 20.3. The largest absolute Gasteiger partial charge is 0.354 e. The molecule has 1 fully saturated rings. The topological polar surface area (TPSA) is 78.5 Å². The molecule has 1 saturated heterocycles. The van der Waals surface area contributed by atoms with Crippen LogP contribution in [0.5, 0.6) is 0 Å². The van der Waals surface area contributed by atoms with E-state index in [9.17, 15) is 14.4 Å². The van der Waals surface area contributed by atoms with Crippen molar-refractivity contribution in [2.24, 2.45) is 0 Å². The molecule has 1 aliphatic carbocycles. The fourth-order valence-corrected chi connectivity index (χ4v) is 3.24. The van der Waals surface area contributed by atoms with Gasteiger partial charge in [-0.25, -0.2) is 4.79 Å². The van der Waals surface area contributed by atoms with Gasteiger partial charge in [-0.1, -0.05) is 25.5 Å². The van der Waals surface area contributed by atoms with Gasteiger partial charge >= 0.3 is 6.03 Å². The van der Waals surface area contributed by atoms with Crippen LogP contribution in [0.25, 0.3) is 0 Å². The minimum absolute atomic E-state index is 0.203. The number of nitrogens with one attached hydrogen (secondary N) is 2. The molecule has 2 N–H and O–H groups in total. The third-order valence-electron chi connectivity index (χ3n) is 4.91. The monoisotopic (exact) mass is 321 g/mol. The Bertz CT molecular complexity index is 509. The lowest BCUT2D eigenvalue weighted by molar-refractivity contribution is -0.135. The van der Waals surface area contributed by atoms with Crippen molar-refractivity contribution < 1.29 is 14.4 Å². The quantitative estimate of drug-likeness (QED) is 0.557. The number of rotatable bonds is 7. The van der Waals surface area contributed by atoms with E-state index in [2.05, 4.69) is 16.7 Å². The summed E-state index contributed by atoms with van der Waals surface area (Å²) in [5, 5.41) is 5.54. The van der Waals surface area contributed by atoms with Crippen molar-refractivity contribution in [3.63, 3.8) is 0 Å². The fraction of sp³-hybridized carbons (Fsp3) is 0.706. The zero-order valence-electron chi connectivity index (χ0n) is 14.1. The number of allylic oxidation sites excluding steroid dienone is 1. The average Bonchev–Trinajstić information content (AvgIpc) is 2.80. The Labute approximate surface area is 137 Å². The highest BCUT2D eigenvalue weighted by Gasteiger charge is 2.49. The van der Waals surface area contributed by atoms with Gasteiger partial charge in [-0.15, -0.1) is 0 Å². The Morgan fingerprint density at radius 3 is 2.61 bits per heavy atom. The Morgan fingerprint density at radius 2 is 2.04 bits per heavy atom. The molecule has 0 unspecified atom stereocenters. The smallest absolute Gasteiger partial charge is 0.325 e. The molecule has 6 nitrogen and oxygen atoms in total. The average molecular weight is 321 g/mol. The van der Waals surface area contributed by atoms with Crippen LogP contribution in [0.4, 0.5) is 4.79 Å². The van der Waals surface area contributed by atoms with E-state index in [-0.39, 0.29) is 18.4 Å². The van der Waals surface area contributed by atoms with Gasteiger partial charge in [0.1, 0.15) is 12.1 Å². The summed E-state index contributed by atoms with van der Waals surface area (Å²) in [4.78, 5) is 37.4. The first-order valence-corrected chi connectivity index (χ1v) is 8.61. The molecule has 0 aromatic rings. The summed E-state index contributed by atoms with van der Waals surface area (Å²) in [5.41, 5.74) is 0.548.